The summed E-state index contributed by atoms with van der Waals surface area (Å²) in [5.74, 6) is 0.875. The molecule has 2 rings (SSSR count). The van der Waals surface area contributed by atoms with Crippen molar-refractivity contribution in [3.63, 3.8) is 0 Å². The zero-order valence-corrected chi connectivity index (χ0v) is 13.3. The molecule has 0 amide bonds. The van der Waals surface area contributed by atoms with E-state index in [4.69, 9.17) is 14.2 Å². The first kappa shape index (κ1) is 16.3. The number of unbranched alkanes of at least 4 members (excludes halogenated alkanes) is 4. The average molecular weight is 292 g/mol. The van der Waals surface area contributed by atoms with Crippen LogP contribution >= 0.6 is 0 Å². The van der Waals surface area contributed by atoms with E-state index in [9.17, 15) is 0 Å². The van der Waals surface area contributed by atoms with Crippen LogP contribution in [0.2, 0.25) is 0 Å². The van der Waals surface area contributed by atoms with Gasteiger partial charge in [0.2, 0.25) is 0 Å². The molecule has 2 atom stereocenters. The molecular weight excluding hydrogens is 264 g/mol. The molecule has 1 heterocycles. The van der Waals surface area contributed by atoms with Gasteiger partial charge in [-0.05, 0) is 24.1 Å². The van der Waals surface area contributed by atoms with Gasteiger partial charge in [-0.25, -0.2) is 0 Å². The lowest BCUT2D eigenvalue weighted by Gasteiger charge is -2.30. The van der Waals surface area contributed by atoms with E-state index in [-0.39, 0.29) is 12.2 Å². The Labute approximate surface area is 128 Å². The lowest BCUT2D eigenvalue weighted by Crippen LogP contribution is -2.31. The summed E-state index contributed by atoms with van der Waals surface area (Å²) in [6.07, 6.45) is 8.02. The third-order valence-corrected chi connectivity index (χ3v) is 4.08. The normalized spacial score (nSPS) is 22.2. The van der Waals surface area contributed by atoms with Gasteiger partial charge in [-0.15, -0.1) is 0 Å². The van der Waals surface area contributed by atoms with Gasteiger partial charge in [0.05, 0.1) is 26.4 Å². The molecule has 1 aliphatic heterocycles. The average Bonchev–Trinajstić information content (AvgIpc) is 2.55. The molecule has 3 heteroatoms. The Bertz CT molecular complexity index is 380. The summed E-state index contributed by atoms with van der Waals surface area (Å²) in [4.78, 5) is 0. The molecule has 1 saturated heterocycles. The maximum atomic E-state index is 5.96. The number of ether oxygens (including phenoxy) is 3. The number of benzene rings is 1. The zero-order chi connectivity index (χ0) is 14.9. The molecule has 3 nitrogen and oxygen atoms in total. The van der Waals surface area contributed by atoms with Crippen LogP contribution in [0, 0.1) is 0 Å². The highest BCUT2D eigenvalue weighted by Gasteiger charge is 2.23. The maximum Gasteiger partial charge on any atom is 0.118 e. The molecule has 0 spiro atoms. The molecule has 1 aromatic rings. The van der Waals surface area contributed by atoms with E-state index in [1.807, 2.05) is 12.1 Å². The second-order valence-electron chi connectivity index (χ2n) is 5.75. The van der Waals surface area contributed by atoms with E-state index >= 15 is 0 Å². The summed E-state index contributed by atoms with van der Waals surface area (Å²) in [7, 11) is 1.68. The third-order valence-electron chi connectivity index (χ3n) is 4.08. The zero-order valence-electron chi connectivity index (χ0n) is 13.3. The summed E-state index contributed by atoms with van der Waals surface area (Å²) in [5, 5.41) is 0. The van der Waals surface area contributed by atoms with Crippen molar-refractivity contribution in [3.8, 4) is 5.75 Å². The fourth-order valence-corrected chi connectivity index (χ4v) is 2.70. The minimum absolute atomic E-state index is 0.0623. The number of hydrogen-bond acceptors (Lipinski definition) is 3. The van der Waals surface area contributed by atoms with Crippen molar-refractivity contribution in [1.82, 2.24) is 0 Å². The van der Waals surface area contributed by atoms with Gasteiger partial charge in [-0.2, -0.15) is 0 Å². The van der Waals surface area contributed by atoms with Crippen LogP contribution in [-0.2, 0) is 9.47 Å². The fraction of sp³-hybridized carbons (Fsp3) is 0.667. The van der Waals surface area contributed by atoms with E-state index in [0.717, 1.165) is 17.7 Å². The van der Waals surface area contributed by atoms with E-state index in [0.29, 0.717) is 13.2 Å². The lowest BCUT2D eigenvalue weighted by molar-refractivity contribution is -0.137. The molecule has 1 aromatic carbocycles. The van der Waals surface area contributed by atoms with Crippen LogP contribution < -0.4 is 4.74 Å². The Morgan fingerprint density at radius 3 is 2.38 bits per heavy atom. The summed E-state index contributed by atoms with van der Waals surface area (Å²) in [6.45, 7) is 3.62. The quantitative estimate of drug-likeness (QED) is 0.660. The summed E-state index contributed by atoms with van der Waals surface area (Å²) < 4.78 is 17.1. The summed E-state index contributed by atoms with van der Waals surface area (Å²) >= 11 is 0. The van der Waals surface area contributed by atoms with Gasteiger partial charge in [0, 0.05) is 0 Å². The molecular formula is C18H28O3. The van der Waals surface area contributed by atoms with E-state index in [1.165, 1.54) is 32.1 Å². The van der Waals surface area contributed by atoms with Crippen LogP contribution in [-0.4, -0.2) is 26.4 Å². The maximum absolute atomic E-state index is 5.96. The molecule has 1 fully saturated rings. The molecule has 0 saturated carbocycles. The number of rotatable bonds is 8. The van der Waals surface area contributed by atoms with Crippen molar-refractivity contribution in [3.05, 3.63) is 29.8 Å². The standard InChI is InChI=1S/C18H28O3/c1-3-4-5-6-7-8-17-13-21-18(14-20-17)15-9-11-16(19-2)12-10-15/h9-12,17-18H,3-8,13-14H2,1-2H3. The Kier molecular flexibility index (Phi) is 7.04. The monoisotopic (exact) mass is 292 g/mol. The Balaban J connectivity index is 1.67. The van der Waals surface area contributed by atoms with Gasteiger partial charge < -0.3 is 14.2 Å². The lowest BCUT2D eigenvalue weighted by atomic mass is 10.1. The Hall–Kier alpha value is -1.06. The highest BCUT2D eigenvalue weighted by molar-refractivity contribution is 5.28. The smallest absolute Gasteiger partial charge is 0.118 e. The van der Waals surface area contributed by atoms with Gasteiger partial charge in [0.1, 0.15) is 11.9 Å². The van der Waals surface area contributed by atoms with Crippen molar-refractivity contribution in [2.24, 2.45) is 0 Å². The molecule has 0 radical (unpaired) electrons. The SMILES string of the molecule is CCCCCCCC1COC(c2ccc(OC)cc2)CO1. The van der Waals surface area contributed by atoms with Gasteiger partial charge in [-0.3, -0.25) is 0 Å². The van der Waals surface area contributed by atoms with Gasteiger partial charge in [0.15, 0.2) is 0 Å². The Morgan fingerprint density at radius 1 is 1.00 bits per heavy atom. The molecule has 0 aromatic heterocycles. The highest BCUT2D eigenvalue weighted by Crippen LogP contribution is 2.26. The van der Waals surface area contributed by atoms with Crippen LogP contribution in [0.25, 0.3) is 0 Å². The highest BCUT2D eigenvalue weighted by atomic mass is 16.6. The van der Waals surface area contributed by atoms with Gasteiger partial charge >= 0.3 is 0 Å². The minimum atomic E-state index is 0.0623. The molecule has 1 aliphatic rings. The van der Waals surface area contributed by atoms with Crippen molar-refractivity contribution < 1.29 is 14.2 Å². The Morgan fingerprint density at radius 2 is 1.76 bits per heavy atom. The molecule has 118 valence electrons. The second-order valence-corrected chi connectivity index (χ2v) is 5.75. The first-order valence-electron chi connectivity index (χ1n) is 8.20. The minimum Gasteiger partial charge on any atom is -0.497 e. The number of hydrogen-bond donors (Lipinski definition) is 0. The molecule has 0 N–H and O–H groups in total. The van der Waals surface area contributed by atoms with Crippen LogP contribution in [0.3, 0.4) is 0 Å². The molecule has 21 heavy (non-hydrogen) atoms. The van der Waals surface area contributed by atoms with Crippen molar-refractivity contribution in [2.75, 3.05) is 20.3 Å². The molecule has 0 aliphatic carbocycles. The van der Waals surface area contributed by atoms with Crippen LogP contribution in [0.4, 0.5) is 0 Å². The van der Waals surface area contributed by atoms with Crippen LogP contribution in [0.5, 0.6) is 5.75 Å². The van der Waals surface area contributed by atoms with Crippen LogP contribution in [0.1, 0.15) is 57.1 Å². The largest absolute Gasteiger partial charge is 0.497 e. The first-order valence-corrected chi connectivity index (χ1v) is 8.20. The summed E-state index contributed by atoms with van der Waals surface area (Å²) in [6, 6.07) is 8.05. The molecule has 0 bridgehead atoms. The predicted molar refractivity (Wildman–Crippen MR) is 84.8 cm³/mol. The second kappa shape index (κ2) is 9.06. The van der Waals surface area contributed by atoms with E-state index in [2.05, 4.69) is 19.1 Å². The van der Waals surface area contributed by atoms with Crippen molar-refractivity contribution in [1.29, 1.82) is 0 Å². The topological polar surface area (TPSA) is 27.7 Å². The van der Waals surface area contributed by atoms with Crippen LogP contribution in [0.15, 0.2) is 24.3 Å². The van der Waals surface area contributed by atoms with Crippen molar-refractivity contribution in [2.45, 2.75) is 57.7 Å². The summed E-state index contributed by atoms with van der Waals surface area (Å²) in [5.41, 5.74) is 1.16. The fourth-order valence-electron chi connectivity index (χ4n) is 2.70. The first-order chi connectivity index (χ1) is 10.3. The molecule has 2 unspecified atom stereocenters. The van der Waals surface area contributed by atoms with E-state index in [1.54, 1.807) is 7.11 Å². The third kappa shape index (κ3) is 5.33. The van der Waals surface area contributed by atoms with Gasteiger partial charge in [-0.1, -0.05) is 51.2 Å². The van der Waals surface area contributed by atoms with E-state index < -0.39 is 0 Å². The van der Waals surface area contributed by atoms with Gasteiger partial charge in [0.25, 0.3) is 0 Å². The predicted octanol–water partition coefficient (Wildman–Crippen LogP) is 4.51. The van der Waals surface area contributed by atoms with Crippen molar-refractivity contribution >= 4 is 0 Å². The number of methoxy groups -OCH3 is 1.